The van der Waals surface area contributed by atoms with Gasteiger partial charge in [-0.3, -0.25) is 15.0 Å². The summed E-state index contributed by atoms with van der Waals surface area (Å²) in [7, 11) is 1.92. The fraction of sp³-hybridized carbons (Fsp3) is 0.304. The van der Waals surface area contributed by atoms with Crippen LogP contribution >= 0.6 is 0 Å². The van der Waals surface area contributed by atoms with E-state index in [-0.39, 0.29) is 6.04 Å². The van der Waals surface area contributed by atoms with Gasteiger partial charge in [0.25, 0.3) is 0 Å². The molecule has 0 saturated heterocycles. The maximum absolute atomic E-state index is 11.3. The molecule has 2 heterocycles. The second-order valence-electron chi connectivity index (χ2n) is 7.03. The van der Waals surface area contributed by atoms with Crippen molar-refractivity contribution in [3.8, 4) is 11.3 Å². The third-order valence-electron chi connectivity index (χ3n) is 4.82. The van der Waals surface area contributed by atoms with Gasteiger partial charge in [-0.1, -0.05) is 18.2 Å². The molecule has 0 amide bonds. The summed E-state index contributed by atoms with van der Waals surface area (Å²) in [6.45, 7) is 5.41. The van der Waals surface area contributed by atoms with E-state index in [1.807, 2.05) is 68.5 Å². The van der Waals surface area contributed by atoms with E-state index in [2.05, 4.69) is 21.4 Å². The fourth-order valence-corrected chi connectivity index (χ4v) is 3.11. The Morgan fingerprint density at radius 2 is 2.07 bits per heavy atom. The minimum Gasteiger partial charge on any atom is -0.320 e. The second kappa shape index (κ2) is 9.89. The Hall–Kier alpha value is -3.12. The van der Waals surface area contributed by atoms with Crippen molar-refractivity contribution in [1.29, 1.82) is 0 Å². The van der Waals surface area contributed by atoms with Crippen LogP contribution in [0.3, 0.4) is 0 Å². The van der Waals surface area contributed by atoms with Crippen LogP contribution in [0.15, 0.2) is 60.0 Å². The number of para-hydroxylation sites is 1. The highest BCUT2D eigenvalue weighted by Crippen LogP contribution is 2.22. The molecule has 3 aromatic rings. The number of hydrogen-bond acceptors (Lipinski definition) is 6. The van der Waals surface area contributed by atoms with Gasteiger partial charge in [-0.15, -0.1) is 0 Å². The summed E-state index contributed by atoms with van der Waals surface area (Å²) in [5.74, 6) is 0. The molecular formula is C23H27N5O. The molecule has 0 radical (unpaired) electrons. The van der Waals surface area contributed by atoms with Gasteiger partial charge >= 0.3 is 0 Å². The average Bonchev–Trinajstić information content (AvgIpc) is 2.77. The number of carbonyl (C=O) groups excluding carboxylic acids is 1. The van der Waals surface area contributed by atoms with Crippen LogP contribution in [-0.4, -0.2) is 53.2 Å². The Labute approximate surface area is 171 Å². The maximum atomic E-state index is 11.3. The van der Waals surface area contributed by atoms with Crippen molar-refractivity contribution >= 4 is 22.9 Å². The van der Waals surface area contributed by atoms with Crippen molar-refractivity contribution in [3.63, 3.8) is 0 Å². The quantitative estimate of drug-likeness (QED) is 0.262. The van der Waals surface area contributed by atoms with Gasteiger partial charge in [-0.2, -0.15) is 5.10 Å². The molecule has 1 aromatic carbocycles. The first-order valence-electron chi connectivity index (χ1n) is 9.85. The number of hydrogen-bond donors (Lipinski definition) is 1. The zero-order chi connectivity index (χ0) is 20.6. The SMILES string of the molecule is CNCCCN(/N=C(\C)c1ccnc(-c2cnc3ccccc3c2)c1)C(C)C=O. The van der Waals surface area contributed by atoms with E-state index in [0.717, 1.165) is 52.7 Å². The van der Waals surface area contributed by atoms with Gasteiger partial charge in [0.2, 0.25) is 0 Å². The fourth-order valence-electron chi connectivity index (χ4n) is 3.11. The molecule has 3 rings (SSSR count). The number of carbonyl (C=O) groups is 1. The molecule has 0 aliphatic carbocycles. The smallest absolute Gasteiger partial charge is 0.143 e. The maximum Gasteiger partial charge on any atom is 0.143 e. The van der Waals surface area contributed by atoms with Crippen molar-refractivity contribution in [2.24, 2.45) is 5.10 Å². The third-order valence-corrected chi connectivity index (χ3v) is 4.82. The molecule has 1 unspecified atom stereocenters. The number of hydrazone groups is 1. The molecule has 0 aliphatic heterocycles. The van der Waals surface area contributed by atoms with E-state index in [1.54, 1.807) is 6.20 Å². The van der Waals surface area contributed by atoms with Crippen molar-refractivity contribution in [2.75, 3.05) is 20.1 Å². The normalized spacial score (nSPS) is 12.7. The van der Waals surface area contributed by atoms with Gasteiger partial charge in [0.05, 0.1) is 23.0 Å². The zero-order valence-electron chi connectivity index (χ0n) is 17.2. The number of aromatic nitrogens is 2. The summed E-state index contributed by atoms with van der Waals surface area (Å²) in [4.78, 5) is 20.3. The molecule has 6 heteroatoms. The minimum absolute atomic E-state index is 0.271. The Bertz CT molecular complexity index is 1000. The number of pyridine rings is 2. The largest absolute Gasteiger partial charge is 0.320 e. The molecule has 1 N–H and O–H groups in total. The standard InChI is InChI=1S/C23H27N5O/c1-17(16-29)28(12-6-10-24-3)27-18(2)19-9-11-25-23(14-19)21-13-20-7-4-5-8-22(20)26-15-21/h4-5,7-9,11,13-17,24H,6,10,12H2,1-3H3/b27-18+. The highest BCUT2D eigenvalue weighted by molar-refractivity contribution is 5.99. The highest BCUT2D eigenvalue weighted by Gasteiger charge is 2.12. The van der Waals surface area contributed by atoms with Crippen LogP contribution in [0, 0.1) is 0 Å². The first kappa shape index (κ1) is 20.6. The van der Waals surface area contributed by atoms with Crippen molar-refractivity contribution < 1.29 is 4.79 Å². The van der Waals surface area contributed by atoms with Crippen LogP contribution in [0.4, 0.5) is 0 Å². The molecule has 1 atom stereocenters. The van der Waals surface area contributed by atoms with Gasteiger partial charge in [0.15, 0.2) is 0 Å². The van der Waals surface area contributed by atoms with Crippen LogP contribution in [0.2, 0.25) is 0 Å². The molecule has 150 valence electrons. The molecule has 2 aromatic heterocycles. The number of nitrogens with zero attached hydrogens (tertiary/aromatic N) is 4. The van der Waals surface area contributed by atoms with Crippen LogP contribution in [0.1, 0.15) is 25.8 Å². The summed E-state index contributed by atoms with van der Waals surface area (Å²) >= 11 is 0. The zero-order valence-corrected chi connectivity index (χ0v) is 17.2. The van der Waals surface area contributed by atoms with E-state index < -0.39 is 0 Å². The molecule has 0 saturated carbocycles. The van der Waals surface area contributed by atoms with Gasteiger partial charge in [-0.05, 0) is 58.1 Å². The summed E-state index contributed by atoms with van der Waals surface area (Å²) < 4.78 is 0. The lowest BCUT2D eigenvalue weighted by molar-refractivity contribution is -0.111. The lowest BCUT2D eigenvalue weighted by atomic mass is 10.1. The molecule has 0 spiro atoms. The number of rotatable bonds is 9. The second-order valence-corrected chi connectivity index (χ2v) is 7.03. The van der Waals surface area contributed by atoms with Crippen molar-refractivity contribution in [2.45, 2.75) is 26.3 Å². The Morgan fingerprint density at radius 1 is 1.24 bits per heavy atom. The van der Waals surface area contributed by atoms with Gasteiger partial charge < -0.3 is 10.1 Å². The first-order valence-corrected chi connectivity index (χ1v) is 9.85. The summed E-state index contributed by atoms with van der Waals surface area (Å²) in [5, 5.41) is 10.8. The number of nitrogens with one attached hydrogen (secondary N) is 1. The molecular weight excluding hydrogens is 362 g/mol. The van der Waals surface area contributed by atoms with E-state index >= 15 is 0 Å². The van der Waals surface area contributed by atoms with Crippen molar-refractivity contribution in [1.82, 2.24) is 20.3 Å². The van der Waals surface area contributed by atoms with Crippen LogP contribution in [0.25, 0.3) is 22.2 Å². The van der Waals surface area contributed by atoms with Crippen molar-refractivity contribution in [3.05, 3.63) is 60.4 Å². The first-order chi connectivity index (χ1) is 14.1. The predicted octanol–water partition coefficient (Wildman–Crippen LogP) is 3.52. The number of fused-ring (bicyclic) bond motifs is 1. The summed E-state index contributed by atoms with van der Waals surface area (Å²) in [6, 6.07) is 13.8. The predicted molar refractivity (Wildman–Crippen MR) is 118 cm³/mol. The lowest BCUT2D eigenvalue weighted by Gasteiger charge is -2.23. The molecule has 0 bridgehead atoms. The van der Waals surface area contributed by atoms with Crippen LogP contribution in [0.5, 0.6) is 0 Å². The molecule has 29 heavy (non-hydrogen) atoms. The number of aldehydes is 1. The molecule has 6 nitrogen and oxygen atoms in total. The summed E-state index contributed by atoms with van der Waals surface area (Å²) in [5.41, 5.74) is 4.59. The van der Waals surface area contributed by atoms with Crippen LogP contribution in [-0.2, 0) is 4.79 Å². The molecule has 0 aliphatic rings. The van der Waals surface area contributed by atoms with E-state index in [0.29, 0.717) is 6.54 Å². The van der Waals surface area contributed by atoms with E-state index in [4.69, 9.17) is 5.10 Å². The van der Waals surface area contributed by atoms with Gasteiger partial charge in [0.1, 0.15) is 6.29 Å². The molecule has 0 fully saturated rings. The van der Waals surface area contributed by atoms with E-state index in [9.17, 15) is 4.79 Å². The Kier molecular flexibility index (Phi) is 7.03. The Morgan fingerprint density at radius 3 is 2.86 bits per heavy atom. The summed E-state index contributed by atoms with van der Waals surface area (Å²) in [6.07, 6.45) is 5.47. The average molecular weight is 390 g/mol. The lowest BCUT2D eigenvalue weighted by Crippen LogP contribution is -2.32. The Balaban J connectivity index is 1.87. The third kappa shape index (κ3) is 5.23. The minimum atomic E-state index is -0.271. The van der Waals surface area contributed by atoms with Gasteiger partial charge in [-0.25, -0.2) is 0 Å². The van der Waals surface area contributed by atoms with E-state index in [1.165, 1.54) is 0 Å². The van der Waals surface area contributed by atoms with Crippen LogP contribution < -0.4 is 5.32 Å². The number of benzene rings is 1. The topological polar surface area (TPSA) is 70.5 Å². The highest BCUT2D eigenvalue weighted by atomic mass is 16.1. The monoisotopic (exact) mass is 389 g/mol. The van der Waals surface area contributed by atoms with Gasteiger partial charge in [0, 0.05) is 35.5 Å².